The number of rotatable bonds is 7. The minimum absolute atomic E-state index is 0.0928. The maximum atomic E-state index is 13.9. The lowest BCUT2D eigenvalue weighted by Crippen LogP contribution is -2.27. The Labute approximate surface area is 164 Å². The van der Waals surface area contributed by atoms with Crippen molar-refractivity contribution < 1.29 is 23.7 Å². The van der Waals surface area contributed by atoms with Crippen LogP contribution in [0.1, 0.15) is 13.8 Å². The van der Waals surface area contributed by atoms with Gasteiger partial charge < -0.3 is 20.3 Å². The van der Waals surface area contributed by atoms with Crippen molar-refractivity contribution in [3.05, 3.63) is 52.5 Å². The molecule has 0 fully saturated rings. The highest BCUT2D eigenvalue weighted by Gasteiger charge is 2.17. The second-order valence-corrected chi connectivity index (χ2v) is 6.65. The largest absolute Gasteiger partial charge is 0.448 e. The van der Waals surface area contributed by atoms with Gasteiger partial charge in [-0.3, -0.25) is 9.36 Å². The third-order valence-corrected chi connectivity index (χ3v) is 4.00. The molecule has 0 saturated heterocycles. The first-order chi connectivity index (χ1) is 13.8. The summed E-state index contributed by atoms with van der Waals surface area (Å²) in [7, 11) is 0. The molecule has 3 rings (SSSR count). The number of fused-ring (bicyclic) bond motifs is 1. The Hall–Kier alpha value is -3.11. The molecule has 0 spiro atoms. The molecule has 29 heavy (non-hydrogen) atoms. The van der Waals surface area contributed by atoms with Gasteiger partial charge in [-0.1, -0.05) is 0 Å². The van der Waals surface area contributed by atoms with Crippen LogP contribution in [0.5, 0.6) is 11.5 Å². The van der Waals surface area contributed by atoms with Gasteiger partial charge in [-0.25, -0.2) is 13.8 Å². The number of pyridine rings is 1. The van der Waals surface area contributed by atoms with E-state index in [0.29, 0.717) is 11.5 Å². The smallest absolute Gasteiger partial charge is 0.295 e. The minimum atomic E-state index is -0.958. The van der Waals surface area contributed by atoms with Crippen LogP contribution in [0.25, 0.3) is 11.0 Å². The number of benzene rings is 1. The summed E-state index contributed by atoms with van der Waals surface area (Å²) in [5.41, 5.74) is -0.424. The Morgan fingerprint density at radius 3 is 2.66 bits per heavy atom. The van der Waals surface area contributed by atoms with Gasteiger partial charge in [-0.05, 0) is 32.0 Å². The number of aliphatic hydroxyl groups excluding tert-OH is 2. The van der Waals surface area contributed by atoms with Gasteiger partial charge in [0.25, 0.3) is 5.56 Å². The molecule has 3 aromatic rings. The van der Waals surface area contributed by atoms with Gasteiger partial charge in [0, 0.05) is 23.7 Å². The molecular formula is C19H20F2N4O4. The average molecular weight is 406 g/mol. The maximum Gasteiger partial charge on any atom is 0.295 e. The van der Waals surface area contributed by atoms with E-state index in [0.717, 1.165) is 12.1 Å². The highest BCUT2D eigenvalue weighted by Crippen LogP contribution is 2.25. The van der Waals surface area contributed by atoms with E-state index in [2.05, 4.69) is 15.3 Å². The van der Waals surface area contributed by atoms with E-state index in [1.807, 2.05) is 0 Å². The number of hydrogen-bond acceptors (Lipinski definition) is 7. The van der Waals surface area contributed by atoms with Crippen LogP contribution < -0.4 is 15.6 Å². The Kier molecular flexibility index (Phi) is 6.04. The van der Waals surface area contributed by atoms with Crippen LogP contribution >= 0.6 is 0 Å². The van der Waals surface area contributed by atoms with Crippen LogP contribution in [0.2, 0.25) is 0 Å². The summed E-state index contributed by atoms with van der Waals surface area (Å²) in [6, 6.07) is 3.77. The van der Waals surface area contributed by atoms with Gasteiger partial charge in [0.05, 0.1) is 19.3 Å². The summed E-state index contributed by atoms with van der Waals surface area (Å²) < 4.78 is 33.6. The summed E-state index contributed by atoms with van der Waals surface area (Å²) in [4.78, 5) is 21.3. The Morgan fingerprint density at radius 2 is 2.00 bits per heavy atom. The minimum Gasteiger partial charge on any atom is -0.448 e. The van der Waals surface area contributed by atoms with Crippen molar-refractivity contribution >= 4 is 17.0 Å². The molecule has 2 aromatic heterocycles. The molecule has 0 aliphatic heterocycles. The van der Waals surface area contributed by atoms with Crippen molar-refractivity contribution in [1.82, 2.24) is 14.5 Å². The van der Waals surface area contributed by atoms with Crippen molar-refractivity contribution in [1.29, 1.82) is 0 Å². The van der Waals surface area contributed by atoms with Crippen LogP contribution in [0.3, 0.4) is 0 Å². The fourth-order valence-electron chi connectivity index (χ4n) is 2.65. The van der Waals surface area contributed by atoms with Crippen LogP contribution in [0.4, 0.5) is 14.7 Å². The quantitative estimate of drug-likeness (QED) is 0.551. The number of aliphatic hydroxyl groups is 2. The topological polar surface area (TPSA) is 110 Å². The zero-order valence-electron chi connectivity index (χ0n) is 15.8. The first-order valence-electron chi connectivity index (χ1n) is 8.87. The fourth-order valence-corrected chi connectivity index (χ4v) is 2.65. The number of nitrogens with one attached hydrogen (secondary N) is 1. The van der Waals surface area contributed by atoms with Crippen molar-refractivity contribution in [3.63, 3.8) is 0 Å². The zero-order chi connectivity index (χ0) is 21.1. The molecule has 8 nitrogen and oxygen atoms in total. The molecule has 10 heteroatoms. The summed E-state index contributed by atoms with van der Waals surface area (Å²) in [5, 5.41) is 22.3. The standard InChI is InChI=1S/C19H20F2N4O4/c1-10(9-26)23-19-22-7-12-5-16(29-15-4-3-13(20)6-14(15)21)18(28)25(8-11(2)27)17(12)24-19/h3-7,10-11,26-27H,8-9H2,1-2H3,(H,22,23,24)/t10-,11?/m0/s1. The average Bonchev–Trinajstić information content (AvgIpc) is 2.67. The molecule has 1 unspecified atom stereocenters. The molecule has 154 valence electrons. The molecule has 1 aromatic carbocycles. The van der Waals surface area contributed by atoms with Crippen molar-refractivity contribution in [2.45, 2.75) is 32.5 Å². The molecule has 0 aliphatic carbocycles. The molecule has 0 radical (unpaired) electrons. The molecule has 2 atom stereocenters. The Morgan fingerprint density at radius 1 is 1.24 bits per heavy atom. The molecular weight excluding hydrogens is 386 g/mol. The Balaban J connectivity index is 2.11. The first kappa shape index (κ1) is 20.6. The highest BCUT2D eigenvalue weighted by molar-refractivity contribution is 5.77. The summed E-state index contributed by atoms with van der Waals surface area (Å²) >= 11 is 0. The van der Waals surface area contributed by atoms with Crippen molar-refractivity contribution in [2.24, 2.45) is 0 Å². The van der Waals surface area contributed by atoms with E-state index < -0.39 is 23.3 Å². The predicted octanol–water partition coefficient (Wildman–Crippen LogP) is 2.04. The van der Waals surface area contributed by atoms with Crippen LogP contribution in [0, 0.1) is 11.6 Å². The lowest BCUT2D eigenvalue weighted by molar-refractivity contribution is 0.173. The Bertz CT molecular complexity index is 1090. The van der Waals surface area contributed by atoms with Crippen LogP contribution in [-0.2, 0) is 6.54 Å². The summed E-state index contributed by atoms with van der Waals surface area (Å²) in [6.45, 7) is 2.99. The van der Waals surface area contributed by atoms with Gasteiger partial charge in [0.15, 0.2) is 17.3 Å². The van der Waals surface area contributed by atoms with Gasteiger partial charge >= 0.3 is 0 Å². The van der Waals surface area contributed by atoms with E-state index in [-0.39, 0.29) is 42.3 Å². The number of anilines is 1. The zero-order valence-corrected chi connectivity index (χ0v) is 15.8. The number of aromatic nitrogens is 3. The number of hydrogen-bond donors (Lipinski definition) is 3. The first-order valence-corrected chi connectivity index (χ1v) is 8.87. The summed E-state index contributed by atoms with van der Waals surface area (Å²) in [5.74, 6) is -2.08. The van der Waals surface area contributed by atoms with E-state index in [1.54, 1.807) is 6.92 Å². The molecule has 0 aliphatic rings. The number of halogens is 2. The van der Waals surface area contributed by atoms with Crippen molar-refractivity contribution in [3.8, 4) is 11.5 Å². The molecule has 0 saturated carbocycles. The van der Waals surface area contributed by atoms with Gasteiger partial charge in [-0.2, -0.15) is 4.98 Å². The van der Waals surface area contributed by atoms with Crippen LogP contribution in [0.15, 0.2) is 35.3 Å². The van der Waals surface area contributed by atoms with Gasteiger partial charge in [0.2, 0.25) is 5.95 Å². The van der Waals surface area contributed by atoms with Crippen LogP contribution in [-0.4, -0.2) is 43.5 Å². The third kappa shape index (κ3) is 4.66. The molecule has 0 bridgehead atoms. The summed E-state index contributed by atoms with van der Waals surface area (Å²) in [6.07, 6.45) is 0.553. The fraction of sp³-hybridized carbons (Fsp3) is 0.316. The van der Waals surface area contributed by atoms with E-state index in [9.17, 15) is 18.7 Å². The predicted molar refractivity (Wildman–Crippen MR) is 102 cm³/mol. The molecule has 0 amide bonds. The normalized spacial score (nSPS) is 13.3. The van der Waals surface area contributed by atoms with Gasteiger partial charge in [-0.15, -0.1) is 0 Å². The highest BCUT2D eigenvalue weighted by atomic mass is 19.1. The lowest BCUT2D eigenvalue weighted by atomic mass is 10.2. The third-order valence-electron chi connectivity index (χ3n) is 4.00. The van der Waals surface area contributed by atoms with E-state index in [1.165, 1.54) is 23.8 Å². The second kappa shape index (κ2) is 8.50. The molecule has 2 heterocycles. The van der Waals surface area contributed by atoms with Crippen molar-refractivity contribution in [2.75, 3.05) is 11.9 Å². The van der Waals surface area contributed by atoms with E-state index in [4.69, 9.17) is 9.84 Å². The molecule has 3 N–H and O–H groups in total. The maximum absolute atomic E-state index is 13.9. The SMILES string of the molecule is CC(O)Cn1c(=O)c(Oc2ccc(F)cc2F)cc2cnc(N[C@@H](C)CO)nc21. The lowest BCUT2D eigenvalue weighted by Gasteiger charge is -2.16. The van der Waals surface area contributed by atoms with E-state index >= 15 is 0 Å². The monoisotopic (exact) mass is 406 g/mol. The van der Waals surface area contributed by atoms with Gasteiger partial charge in [0.1, 0.15) is 11.5 Å². The second-order valence-electron chi connectivity index (χ2n) is 6.65. The number of ether oxygens (including phenoxy) is 1. The number of nitrogens with zero attached hydrogens (tertiary/aromatic N) is 3.